The fourth-order valence-electron chi connectivity index (χ4n) is 2.68. The third kappa shape index (κ3) is 2.87. The van der Waals surface area contributed by atoms with E-state index in [2.05, 4.69) is 24.8 Å². The Morgan fingerprint density at radius 3 is 2.78 bits per heavy atom. The predicted molar refractivity (Wildman–Crippen MR) is 76.2 cm³/mol. The Hall–Kier alpha value is -0.580. The fraction of sp³-hybridized carbons (Fsp3) is 0.571. The number of halogens is 1. The Morgan fingerprint density at radius 1 is 1.44 bits per heavy atom. The summed E-state index contributed by atoms with van der Waals surface area (Å²) >= 11 is 0. The van der Waals surface area contributed by atoms with E-state index in [1.54, 1.807) is 12.1 Å². The highest BCUT2D eigenvalue weighted by atomic mass is 32.3. The molecule has 1 aromatic rings. The number of rotatable bonds is 2. The molecular weight excluding hydrogens is 249 g/mol. The Kier molecular flexibility index (Phi) is 3.72. The van der Waals surface area contributed by atoms with Crippen LogP contribution in [0.3, 0.4) is 0 Å². The summed E-state index contributed by atoms with van der Waals surface area (Å²) in [5, 5.41) is 10.6. The van der Waals surface area contributed by atoms with Crippen molar-refractivity contribution in [1.82, 2.24) is 4.72 Å². The molecule has 2 atom stereocenters. The van der Waals surface area contributed by atoms with E-state index >= 15 is 0 Å². The van der Waals surface area contributed by atoms with Crippen LogP contribution in [0.25, 0.3) is 0 Å². The topological polar surface area (TPSA) is 32.3 Å². The maximum atomic E-state index is 13.2. The van der Waals surface area contributed by atoms with Gasteiger partial charge in [-0.25, -0.2) is 4.39 Å². The molecule has 0 aromatic heterocycles. The minimum atomic E-state index is -1.36. The van der Waals surface area contributed by atoms with Crippen LogP contribution >= 0.6 is 10.2 Å². The van der Waals surface area contributed by atoms with Gasteiger partial charge in [-0.05, 0) is 56.4 Å². The number of benzene rings is 1. The van der Waals surface area contributed by atoms with Gasteiger partial charge in [0, 0.05) is 5.54 Å². The average Bonchev–Trinajstić information content (AvgIpc) is 2.26. The lowest BCUT2D eigenvalue weighted by Crippen LogP contribution is -2.47. The summed E-state index contributed by atoms with van der Waals surface area (Å²) in [7, 11) is -1.36. The first-order valence-electron chi connectivity index (χ1n) is 6.30. The summed E-state index contributed by atoms with van der Waals surface area (Å²) < 4.78 is 16.8. The van der Waals surface area contributed by atoms with Gasteiger partial charge >= 0.3 is 0 Å². The molecule has 4 heteroatoms. The highest BCUT2D eigenvalue weighted by Gasteiger charge is 2.37. The van der Waals surface area contributed by atoms with Crippen molar-refractivity contribution in [3.63, 3.8) is 0 Å². The van der Waals surface area contributed by atoms with E-state index in [9.17, 15) is 9.50 Å². The molecule has 1 aliphatic rings. The molecule has 0 aliphatic carbocycles. The Balaban J connectivity index is 2.24. The van der Waals surface area contributed by atoms with Gasteiger partial charge in [-0.15, -0.1) is 0 Å². The van der Waals surface area contributed by atoms with E-state index < -0.39 is 15.7 Å². The molecular formula is C14H22FNOS. The molecule has 1 fully saturated rings. The molecule has 1 aliphatic heterocycles. The lowest BCUT2D eigenvalue weighted by atomic mass is 10.0. The van der Waals surface area contributed by atoms with Crippen LogP contribution in [0.15, 0.2) is 24.3 Å². The SMILES string of the molecule is CC1(C)CCCS(C)([C@H](O)c2cccc(F)c2)N1. The zero-order valence-electron chi connectivity index (χ0n) is 11.2. The maximum Gasteiger partial charge on any atom is 0.123 e. The van der Waals surface area contributed by atoms with Crippen molar-refractivity contribution in [3.8, 4) is 0 Å². The number of nitrogens with one attached hydrogen (secondary N) is 1. The maximum absolute atomic E-state index is 13.2. The molecule has 1 heterocycles. The summed E-state index contributed by atoms with van der Waals surface area (Å²) in [6.07, 6.45) is 4.33. The first-order valence-corrected chi connectivity index (χ1v) is 8.57. The molecule has 1 unspecified atom stereocenters. The van der Waals surface area contributed by atoms with Crippen LogP contribution in [0.5, 0.6) is 0 Å². The third-order valence-electron chi connectivity index (χ3n) is 3.51. The van der Waals surface area contributed by atoms with E-state index in [1.807, 2.05) is 0 Å². The van der Waals surface area contributed by atoms with E-state index in [0.29, 0.717) is 5.56 Å². The third-order valence-corrected chi connectivity index (χ3v) is 6.92. The Morgan fingerprint density at radius 2 is 2.17 bits per heavy atom. The first kappa shape index (κ1) is 13.8. The van der Waals surface area contributed by atoms with Crippen molar-refractivity contribution in [2.75, 3.05) is 12.0 Å². The van der Waals surface area contributed by atoms with Gasteiger partial charge in [-0.3, -0.25) is 4.72 Å². The monoisotopic (exact) mass is 271 g/mol. The number of aliphatic hydroxyl groups excluding tert-OH is 1. The van der Waals surface area contributed by atoms with Crippen molar-refractivity contribution in [1.29, 1.82) is 0 Å². The van der Waals surface area contributed by atoms with E-state index in [-0.39, 0.29) is 11.4 Å². The average molecular weight is 271 g/mol. The smallest absolute Gasteiger partial charge is 0.123 e. The fourth-order valence-corrected chi connectivity index (χ4v) is 5.97. The largest absolute Gasteiger partial charge is 0.378 e. The molecule has 0 saturated carbocycles. The minimum absolute atomic E-state index is 0.0522. The van der Waals surface area contributed by atoms with Crippen molar-refractivity contribution < 1.29 is 9.50 Å². The highest BCUT2D eigenvalue weighted by Crippen LogP contribution is 2.57. The molecule has 1 aromatic carbocycles. The molecule has 102 valence electrons. The van der Waals surface area contributed by atoms with E-state index in [1.165, 1.54) is 12.1 Å². The second-order valence-electron chi connectivity index (χ2n) is 5.86. The molecule has 2 N–H and O–H groups in total. The summed E-state index contributed by atoms with van der Waals surface area (Å²) in [6, 6.07) is 6.30. The number of hydrogen-bond donors (Lipinski definition) is 2. The summed E-state index contributed by atoms with van der Waals surface area (Å²) in [5.41, 5.74) is 0.127. The first-order chi connectivity index (χ1) is 8.32. The van der Waals surface area contributed by atoms with Gasteiger partial charge in [0.25, 0.3) is 0 Å². The second kappa shape index (κ2) is 4.83. The predicted octanol–water partition coefficient (Wildman–Crippen LogP) is 3.33. The van der Waals surface area contributed by atoms with Gasteiger partial charge in [0.2, 0.25) is 0 Å². The minimum Gasteiger partial charge on any atom is -0.378 e. The van der Waals surface area contributed by atoms with Crippen LogP contribution in [-0.4, -0.2) is 22.7 Å². The molecule has 18 heavy (non-hydrogen) atoms. The quantitative estimate of drug-likeness (QED) is 0.865. The van der Waals surface area contributed by atoms with Crippen molar-refractivity contribution in [2.24, 2.45) is 0 Å². The van der Waals surface area contributed by atoms with Crippen molar-refractivity contribution in [3.05, 3.63) is 35.6 Å². The van der Waals surface area contributed by atoms with Crippen molar-refractivity contribution in [2.45, 2.75) is 37.7 Å². The van der Waals surface area contributed by atoms with Crippen LogP contribution in [0.4, 0.5) is 4.39 Å². The lowest BCUT2D eigenvalue weighted by molar-refractivity contribution is 0.257. The van der Waals surface area contributed by atoms with Gasteiger partial charge in [0.15, 0.2) is 0 Å². The van der Waals surface area contributed by atoms with Gasteiger partial charge in [-0.1, -0.05) is 12.1 Å². The molecule has 0 amide bonds. The molecule has 0 bridgehead atoms. The van der Waals surface area contributed by atoms with E-state index in [4.69, 9.17) is 0 Å². The van der Waals surface area contributed by atoms with Gasteiger partial charge in [-0.2, -0.15) is 10.2 Å². The van der Waals surface area contributed by atoms with E-state index in [0.717, 1.165) is 18.6 Å². The Bertz CT molecular complexity index is 438. The lowest BCUT2D eigenvalue weighted by Gasteiger charge is -2.51. The molecule has 2 rings (SSSR count). The Labute approximate surface area is 110 Å². The summed E-state index contributed by atoms with van der Waals surface area (Å²) in [6.45, 7) is 4.32. The van der Waals surface area contributed by atoms with Crippen molar-refractivity contribution >= 4 is 10.2 Å². The van der Waals surface area contributed by atoms with Crippen LogP contribution in [0.1, 0.15) is 37.7 Å². The number of aliphatic hydroxyl groups is 1. The van der Waals surface area contributed by atoms with Crippen LogP contribution < -0.4 is 4.72 Å². The molecule has 2 nitrogen and oxygen atoms in total. The second-order valence-corrected chi connectivity index (χ2v) is 9.23. The summed E-state index contributed by atoms with van der Waals surface area (Å²) in [4.78, 5) is 0. The summed E-state index contributed by atoms with van der Waals surface area (Å²) in [5.74, 6) is 0.693. The number of hydrogen-bond acceptors (Lipinski definition) is 2. The van der Waals surface area contributed by atoms with Crippen LogP contribution in [0, 0.1) is 5.82 Å². The highest BCUT2D eigenvalue weighted by molar-refractivity contribution is 8.31. The molecule has 0 radical (unpaired) electrons. The van der Waals surface area contributed by atoms with Crippen LogP contribution in [0.2, 0.25) is 0 Å². The van der Waals surface area contributed by atoms with Gasteiger partial charge < -0.3 is 5.11 Å². The zero-order valence-corrected chi connectivity index (χ0v) is 12.1. The zero-order chi connectivity index (χ0) is 13.4. The van der Waals surface area contributed by atoms with Crippen LogP contribution in [-0.2, 0) is 0 Å². The van der Waals surface area contributed by atoms with Gasteiger partial charge in [0.05, 0.1) is 0 Å². The molecule has 1 saturated heterocycles. The van der Waals surface area contributed by atoms with Gasteiger partial charge in [0.1, 0.15) is 11.3 Å². The normalized spacial score (nSPS) is 32.5. The standard InChI is InChI=1S/C14H22FNOS/c1-14(2)8-5-9-18(3,16-14)13(17)11-6-4-7-12(15)10-11/h4,6-7,10,13,16-17H,5,8-9H2,1-3H3/t13-/m0/s1. The molecule has 0 spiro atoms.